The lowest BCUT2D eigenvalue weighted by atomic mass is 9.96. The average Bonchev–Trinajstić information content (AvgIpc) is 2.60. The maximum atomic E-state index is 13.7. The van der Waals surface area contributed by atoms with Crippen LogP contribution in [0.5, 0.6) is 5.75 Å². The Morgan fingerprint density at radius 3 is 2.42 bits per heavy atom. The number of benzene rings is 2. The maximum absolute atomic E-state index is 13.7. The van der Waals surface area contributed by atoms with Gasteiger partial charge < -0.3 is 15.6 Å². The monoisotopic (exact) mass is 375 g/mol. The highest BCUT2D eigenvalue weighted by Crippen LogP contribution is 2.26. The summed E-state index contributed by atoms with van der Waals surface area (Å²) in [5.41, 5.74) is 6.47. The molecule has 0 aliphatic rings. The number of aliphatic hydroxyl groups excluding tert-OH is 1. The Hall–Kier alpha value is -2.19. The van der Waals surface area contributed by atoms with E-state index in [1.54, 1.807) is 12.1 Å². The fourth-order valence-electron chi connectivity index (χ4n) is 2.33. The molecule has 3 nitrogen and oxygen atoms in total. The summed E-state index contributed by atoms with van der Waals surface area (Å²) in [6.07, 6.45) is -5.00. The molecule has 2 aromatic rings. The molecular formula is C18H18F5NO2. The molecule has 2 rings (SSSR count). The minimum Gasteiger partial charge on any atom is -0.487 e. The first kappa shape index (κ1) is 20.1. The van der Waals surface area contributed by atoms with Crippen molar-refractivity contribution in [3.8, 4) is 5.75 Å². The fraction of sp³-hybridized carbons (Fsp3) is 0.333. The second-order valence-electron chi connectivity index (χ2n) is 5.83. The Labute approximate surface area is 147 Å². The van der Waals surface area contributed by atoms with Crippen LogP contribution in [0.3, 0.4) is 0 Å². The van der Waals surface area contributed by atoms with Gasteiger partial charge in [-0.15, -0.1) is 0 Å². The summed E-state index contributed by atoms with van der Waals surface area (Å²) in [7, 11) is 0. The van der Waals surface area contributed by atoms with E-state index in [0.29, 0.717) is 5.56 Å². The lowest BCUT2D eigenvalue weighted by molar-refractivity contribution is -0.148. The van der Waals surface area contributed by atoms with Gasteiger partial charge in [0.1, 0.15) is 11.6 Å². The van der Waals surface area contributed by atoms with Crippen LogP contribution in [0.2, 0.25) is 0 Å². The molecular weight excluding hydrogens is 357 g/mol. The normalized spacial score (nSPS) is 14.3. The number of hydrogen-bond acceptors (Lipinski definition) is 3. The van der Waals surface area contributed by atoms with Crippen molar-refractivity contribution in [1.82, 2.24) is 0 Å². The second kappa shape index (κ2) is 8.46. The highest BCUT2D eigenvalue weighted by molar-refractivity contribution is 5.30. The zero-order valence-corrected chi connectivity index (χ0v) is 13.6. The zero-order chi connectivity index (χ0) is 19.3. The first-order chi connectivity index (χ1) is 12.2. The van der Waals surface area contributed by atoms with Crippen molar-refractivity contribution in [2.24, 2.45) is 5.73 Å². The van der Waals surface area contributed by atoms with E-state index in [0.717, 1.165) is 0 Å². The lowest BCUT2D eigenvalue weighted by Gasteiger charge is -2.20. The fourth-order valence-corrected chi connectivity index (χ4v) is 2.33. The molecule has 0 aliphatic carbocycles. The van der Waals surface area contributed by atoms with E-state index in [-0.39, 0.29) is 17.7 Å². The molecule has 0 radical (unpaired) electrons. The minimum atomic E-state index is -4.26. The molecule has 0 aromatic heterocycles. The number of nitrogens with two attached hydrogens (primary N) is 1. The summed E-state index contributed by atoms with van der Waals surface area (Å²) in [4.78, 5) is 0. The van der Waals surface area contributed by atoms with Gasteiger partial charge >= 0.3 is 12.3 Å². The Morgan fingerprint density at radius 2 is 1.77 bits per heavy atom. The SMILES string of the molecule is NC(Cc1cccc(OCC(F)(F)C(F)F)c1)C(O)c1ccccc1F. The summed E-state index contributed by atoms with van der Waals surface area (Å²) in [6, 6.07) is 10.6. The van der Waals surface area contributed by atoms with E-state index < -0.39 is 36.9 Å². The minimum absolute atomic E-state index is 0.0320. The standard InChI is InChI=1S/C18H18F5NO2/c19-14-7-2-1-6-13(14)16(25)15(24)9-11-4-3-5-12(8-11)26-10-18(22,23)17(20)21/h1-8,15-17,25H,9-10,24H2. The van der Waals surface area contributed by atoms with Gasteiger partial charge in [0.25, 0.3) is 0 Å². The second-order valence-corrected chi connectivity index (χ2v) is 5.83. The van der Waals surface area contributed by atoms with E-state index >= 15 is 0 Å². The van der Waals surface area contributed by atoms with Gasteiger partial charge in [-0.1, -0.05) is 30.3 Å². The van der Waals surface area contributed by atoms with Crippen molar-refractivity contribution in [3.63, 3.8) is 0 Å². The topological polar surface area (TPSA) is 55.5 Å². The molecule has 3 N–H and O–H groups in total. The smallest absolute Gasteiger partial charge is 0.340 e. The molecule has 0 aliphatic heterocycles. The summed E-state index contributed by atoms with van der Waals surface area (Å²) >= 11 is 0. The van der Waals surface area contributed by atoms with Crippen molar-refractivity contribution in [1.29, 1.82) is 0 Å². The third kappa shape index (κ3) is 5.15. The molecule has 2 atom stereocenters. The van der Waals surface area contributed by atoms with Crippen LogP contribution in [0.4, 0.5) is 22.0 Å². The largest absolute Gasteiger partial charge is 0.487 e. The van der Waals surface area contributed by atoms with Crippen LogP contribution in [0.1, 0.15) is 17.2 Å². The molecule has 0 fully saturated rings. The van der Waals surface area contributed by atoms with E-state index in [1.165, 1.54) is 36.4 Å². The molecule has 0 saturated carbocycles. The summed E-state index contributed by atoms with van der Waals surface area (Å²) < 4.78 is 68.5. The third-order valence-electron chi connectivity index (χ3n) is 3.75. The van der Waals surface area contributed by atoms with Crippen LogP contribution in [-0.4, -0.2) is 30.1 Å². The summed E-state index contributed by atoms with van der Waals surface area (Å²) in [5, 5.41) is 10.2. The maximum Gasteiger partial charge on any atom is 0.340 e. The lowest BCUT2D eigenvalue weighted by Crippen LogP contribution is -2.33. The van der Waals surface area contributed by atoms with Gasteiger partial charge in [0.05, 0.1) is 6.10 Å². The van der Waals surface area contributed by atoms with Gasteiger partial charge in [0.2, 0.25) is 0 Å². The Bertz CT molecular complexity index is 726. The van der Waals surface area contributed by atoms with E-state index in [2.05, 4.69) is 0 Å². The van der Waals surface area contributed by atoms with Crippen LogP contribution < -0.4 is 10.5 Å². The van der Waals surface area contributed by atoms with Gasteiger partial charge in [-0.05, 0) is 30.2 Å². The summed E-state index contributed by atoms with van der Waals surface area (Å²) in [6.45, 7) is -1.46. The van der Waals surface area contributed by atoms with Crippen LogP contribution in [0.15, 0.2) is 48.5 Å². The number of hydrogen-bond donors (Lipinski definition) is 2. The molecule has 0 saturated heterocycles. The number of rotatable bonds is 8. The first-order valence-corrected chi connectivity index (χ1v) is 7.76. The molecule has 0 amide bonds. The first-order valence-electron chi connectivity index (χ1n) is 7.76. The Morgan fingerprint density at radius 1 is 1.08 bits per heavy atom. The number of aliphatic hydroxyl groups is 1. The predicted octanol–water partition coefficient (Wildman–Crippen LogP) is 3.71. The molecule has 2 aromatic carbocycles. The Balaban J connectivity index is 2.02. The predicted molar refractivity (Wildman–Crippen MR) is 85.9 cm³/mol. The molecule has 0 heterocycles. The van der Waals surface area contributed by atoms with Gasteiger partial charge in [0.15, 0.2) is 6.61 Å². The van der Waals surface area contributed by atoms with Crippen molar-refractivity contribution < 1.29 is 31.8 Å². The molecule has 2 unspecified atom stereocenters. The third-order valence-corrected chi connectivity index (χ3v) is 3.75. The molecule has 0 bridgehead atoms. The van der Waals surface area contributed by atoms with Crippen molar-refractivity contribution >= 4 is 0 Å². The molecule has 0 spiro atoms. The van der Waals surface area contributed by atoms with E-state index in [4.69, 9.17) is 10.5 Å². The van der Waals surface area contributed by atoms with Crippen molar-refractivity contribution in [2.45, 2.75) is 30.9 Å². The van der Waals surface area contributed by atoms with E-state index in [9.17, 15) is 27.1 Å². The van der Waals surface area contributed by atoms with Crippen LogP contribution in [0, 0.1) is 5.82 Å². The number of alkyl halides is 4. The van der Waals surface area contributed by atoms with Crippen LogP contribution in [0.25, 0.3) is 0 Å². The molecule has 26 heavy (non-hydrogen) atoms. The zero-order valence-electron chi connectivity index (χ0n) is 13.6. The van der Waals surface area contributed by atoms with Crippen molar-refractivity contribution in [3.05, 3.63) is 65.5 Å². The Kier molecular flexibility index (Phi) is 6.55. The van der Waals surface area contributed by atoms with Crippen LogP contribution in [-0.2, 0) is 6.42 Å². The highest BCUT2D eigenvalue weighted by atomic mass is 19.3. The van der Waals surface area contributed by atoms with Gasteiger partial charge in [0, 0.05) is 11.6 Å². The quantitative estimate of drug-likeness (QED) is 0.692. The van der Waals surface area contributed by atoms with E-state index in [1.807, 2.05) is 0 Å². The number of halogens is 5. The molecule has 142 valence electrons. The van der Waals surface area contributed by atoms with Gasteiger partial charge in [-0.2, -0.15) is 8.78 Å². The van der Waals surface area contributed by atoms with Crippen LogP contribution >= 0.6 is 0 Å². The number of ether oxygens (including phenoxy) is 1. The summed E-state index contributed by atoms with van der Waals surface area (Å²) in [5.74, 6) is -4.88. The highest BCUT2D eigenvalue weighted by Gasteiger charge is 2.41. The molecule has 8 heteroatoms. The van der Waals surface area contributed by atoms with Gasteiger partial charge in [-0.3, -0.25) is 0 Å². The average molecular weight is 375 g/mol. The van der Waals surface area contributed by atoms with Gasteiger partial charge in [-0.25, -0.2) is 13.2 Å². The van der Waals surface area contributed by atoms with Crippen molar-refractivity contribution in [2.75, 3.05) is 6.61 Å².